The van der Waals surface area contributed by atoms with E-state index in [1.807, 2.05) is 24.3 Å². The van der Waals surface area contributed by atoms with Crippen LogP contribution in [-0.2, 0) is 9.53 Å². The third-order valence-corrected chi connectivity index (χ3v) is 4.53. The molecule has 0 aromatic heterocycles. The molecule has 0 spiro atoms. The Labute approximate surface area is 122 Å². The van der Waals surface area contributed by atoms with Crippen LogP contribution >= 0.6 is 15.9 Å². The van der Waals surface area contributed by atoms with E-state index in [0.717, 1.165) is 29.4 Å². The Balaban J connectivity index is 2.30. The number of carbonyl (C=O) groups excluding carboxylic acids is 1. The molecular weight excluding hydrogens is 306 g/mol. The fraction of sp³-hybridized carbons (Fsp3) is 0.533. The fourth-order valence-corrected chi connectivity index (χ4v) is 3.29. The highest BCUT2D eigenvalue weighted by atomic mass is 79.9. The smallest absolute Gasteiger partial charge is 0.331 e. The van der Waals surface area contributed by atoms with Crippen molar-refractivity contribution < 1.29 is 9.53 Å². The molecule has 0 amide bonds. The van der Waals surface area contributed by atoms with Crippen molar-refractivity contribution in [2.24, 2.45) is 5.92 Å². The Bertz CT molecular complexity index is 463. The molecule has 0 heterocycles. The molecule has 2 unspecified atom stereocenters. The number of nitrogens with one attached hydrogen (secondary N) is 1. The normalized spacial score (nSPS) is 26.8. The maximum atomic E-state index is 12.3. The Morgan fingerprint density at radius 1 is 1.47 bits per heavy atom. The van der Waals surface area contributed by atoms with Gasteiger partial charge in [0.25, 0.3) is 0 Å². The van der Waals surface area contributed by atoms with E-state index in [1.54, 1.807) is 0 Å². The van der Waals surface area contributed by atoms with Gasteiger partial charge in [-0.15, -0.1) is 0 Å². The molecule has 1 fully saturated rings. The van der Waals surface area contributed by atoms with Crippen molar-refractivity contribution in [1.29, 1.82) is 0 Å². The molecule has 2 atom stereocenters. The van der Waals surface area contributed by atoms with Crippen molar-refractivity contribution in [3.63, 3.8) is 0 Å². The second-order valence-corrected chi connectivity index (χ2v) is 6.16. The molecule has 3 nitrogen and oxygen atoms in total. The lowest BCUT2D eigenvalue weighted by atomic mass is 9.73. The molecule has 0 aliphatic heterocycles. The molecule has 1 N–H and O–H groups in total. The van der Waals surface area contributed by atoms with Gasteiger partial charge in [0.15, 0.2) is 0 Å². The summed E-state index contributed by atoms with van der Waals surface area (Å²) < 4.78 is 6.05. The molecule has 1 aromatic carbocycles. The van der Waals surface area contributed by atoms with Crippen LogP contribution in [0, 0.1) is 5.92 Å². The maximum absolute atomic E-state index is 12.3. The Kier molecular flexibility index (Phi) is 4.50. The number of methoxy groups -OCH3 is 1. The van der Waals surface area contributed by atoms with Crippen molar-refractivity contribution in [3.8, 4) is 0 Å². The van der Waals surface area contributed by atoms with Gasteiger partial charge in [0, 0.05) is 10.2 Å². The zero-order valence-electron chi connectivity index (χ0n) is 11.4. The predicted molar refractivity (Wildman–Crippen MR) is 80.1 cm³/mol. The summed E-state index contributed by atoms with van der Waals surface area (Å²) >= 11 is 3.46. The van der Waals surface area contributed by atoms with Gasteiger partial charge in [-0.1, -0.05) is 41.8 Å². The second kappa shape index (κ2) is 5.95. The molecule has 19 heavy (non-hydrogen) atoms. The van der Waals surface area contributed by atoms with Crippen molar-refractivity contribution >= 4 is 27.6 Å². The first-order valence-electron chi connectivity index (χ1n) is 6.70. The van der Waals surface area contributed by atoms with Crippen LogP contribution in [0.25, 0.3) is 0 Å². The monoisotopic (exact) mass is 325 g/mol. The molecule has 4 heteroatoms. The van der Waals surface area contributed by atoms with Gasteiger partial charge in [-0.2, -0.15) is 0 Å². The third-order valence-electron chi connectivity index (χ3n) is 4.04. The predicted octanol–water partition coefficient (Wildman–Crippen LogP) is 3.98. The molecule has 1 aromatic rings. The molecule has 0 saturated heterocycles. The number of ether oxygens (including phenoxy) is 1. The summed E-state index contributed by atoms with van der Waals surface area (Å²) in [5.74, 6) is 0.118. The quantitative estimate of drug-likeness (QED) is 0.854. The molecule has 1 saturated carbocycles. The zero-order chi connectivity index (χ0) is 13.9. The van der Waals surface area contributed by atoms with Crippen LogP contribution in [0.2, 0.25) is 0 Å². The van der Waals surface area contributed by atoms with E-state index in [1.165, 1.54) is 13.5 Å². The van der Waals surface area contributed by atoms with Crippen molar-refractivity contribution in [2.75, 3.05) is 12.4 Å². The summed E-state index contributed by atoms with van der Waals surface area (Å²) in [6.45, 7) is 2.13. The topological polar surface area (TPSA) is 38.3 Å². The summed E-state index contributed by atoms with van der Waals surface area (Å²) in [6.07, 6.45) is 4.12. The highest BCUT2D eigenvalue weighted by molar-refractivity contribution is 9.10. The standard InChI is InChI=1S/C15H20BrNO2/c1-11-6-3-4-9-15(11,14(18)19-2)17-13-8-5-7-12(16)10-13/h5,7-8,10-11,17H,3-4,6,9H2,1-2H3. The minimum Gasteiger partial charge on any atom is -0.467 e. The average Bonchev–Trinajstić information content (AvgIpc) is 2.40. The molecule has 104 valence electrons. The van der Waals surface area contributed by atoms with E-state index < -0.39 is 5.54 Å². The summed E-state index contributed by atoms with van der Waals surface area (Å²) in [4.78, 5) is 12.3. The van der Waals surface area contributed by atoms with Gasteiger partial charge in [0.2, 0.25) is 0 Å². The van der Waals surface area contributed by atoms with Crippen LogP contribution in [0.15, 0.2) is 28.7 Å². The minimum atomic E-state index is -0.589. The number of anilines is 1. The molecule has 1 aliphatic carbocycles. The van der Waals surface area contributed by atoms with Gasteiger partial charge in [-0.05, 0) is 37.0 Å². The number of halogens is 1. The Hall–Kier alpha value is -1.03. The van der Waals surface area contributed by atoms with E-state index in [-0.39, 0.29) is 11.9 Å². The van der Waals surface area contributed by atoms with E-state index in [9.17, 15) is 4.79 Å². The van der Waals surface area contributed by atoms with Gasteiger partial charge < -0.3 is 10.1 Å². The lowest BCUT2D eigenvalue weighted by Gasteiger charge is -2.41. The number of esters is 1. The lowest BCUT2D eigenvalue weighted by Crippen LogP contribution is -2.54. The number of rotatable bonds is 3. The summed E-state index contributed by atoms with van der Waals surface area (Å²) in [7, 11) is 1.47. The number of carbonyl (C=O) groups is 1. The van der Waals surface area contributed by atoms with E-state index in [4.69, 9.17) is 4.74 Å². The second-order valence-electron chi connectivity index (χ2n) is 5.25. The maximum Gasteiger partial charge on any atom is 0.331 e. The van der Waals surface area contributed by atoms with E-state index in [2.05, 4.69) is 28.2 Å². The number of hydrogen-bond acceptors (Lipinski definition) is 3. The highest BCUT2D eigenvalue weighted by Crippen LogP contribution is 2.37. The number of benzene rings is 1. The van der Waals surface area contributed by atoms with Crippen LogP contribution in [0.3, 0.4) is 0 Å². The first-order chi connectivity index (χ1) is 9.08. The van der Waals surface area contributed by atoms with Gasteiger partial charge >= 0.3 is 5.97 Å². The van der Waals surface area contributed by atoms with Gasteiger partial charge in [0.1, 0.15) is 5.54 Å². The molecule has 0 bridgehead atoms. The largest absolute Gasteiger partial charge is 0.467 e. The van der Waals surface area contributed by atoms with Crippen molar-refractivity contribution in [3.05, 3.63) is 28.7 Å². The summed E-state index contributed by atoms with van der Waals surface area (Å²) in [5.41, 5.74) is 0.363. The molecule has 1 aliphatic rings. The Morgan fingerprint density at radius 3 is 2.89 bits per heavy atom. The highest BCUT2D eigenvalue weighted by Gasteiger charge is 2.46. The minimum absolute atomic E-state index is 0.153. The van der Waals surface area contributed by atoms with Gasteiger partial charge in [-0.3, -0.25) is 0 Å². The molecule has 2 rings (SSSR count). The van der Waals surface area contributed by atoms with Crippen LogP contribution in [0.4, 0.5) is 5.69 Å². The molecule has 0 radical (unpaired) electrons. The van der Waals surface area contributed by atoms with Crippen LogP contribution in [0.1, 0.15) is 32.6 Å². The fourth-order valence-electron chi connectivity index (χ4n) is 2.89. The summed E-state index contributed by atoms with van der Waals surface area (Å²) in [6, 6.07) is 7.91. The average molecular weight is 326 g/mol. The SMILES string of the molecule is COC(=O)C1(Nc2cccc(Br)c2)CCCCC1C. The Morgan fingerprint density at radius 2 is 2.26 bits per heavy atom. The zero-order valence-corrected chi connectivity index (χ0v) is 13.0. The van der Waals surface area contributed by atoms with E-state index in [0.29, 0.717) is 0 Å². The van der Waals surface area contributed by atoms with Gasteiger partial charge in [-0.25, -0.2) is 4.79 Å². The van der Waals surface area contributed by atoms with Crippen LogP contribution < -0.4 is 5.32 Å². The lowest BCUT2D eigenvalue weighted by molar-refractivity contribution is -0.149. The van der Waals surface area contributed by atoms with E-state index >= 15 is 0 Å². The first kappa shape index (κ1) is 14.4. The van der Waals surface area contributed by atoms with Gasteiger partial charge in [0.05, 0.1) is 7.11 Å². The van der Waals surface area contributed by atoms with Crippen molar-refractivity contribution in [2.45, 2.75) is 38.1 Å². The number of hydrogen-bond donors (Lipinski definition) is 1. The first-order valence-corrected chi connectivity index (χ1v) is 7.50. The van der Waals surface area contributed by atoms with Crippen LogP contribution in [0.5, 0.6) is 0 Å². The van der Waals surface area contributed by atoms with Crippen LogP contribution in [-0.4, -0.2) is 18.6 Å². The van der Waals surface area contributed by atoms with Crippen molar-refractivity contribution in [1.82, 2.24) is 0 Å². The molecular formula is C15H20BrNO2. The summed E-state index contributed by atoms with van der Waals surface area (Å²) in [5, 5.41) is 3.43. The third kappa shape index (κ3) is 2.94.